The summed E-state index contributed by atoms with van der Waals surface area (Å²) in [7, 11) is 0. The first-order valence-electron chi connectivity index (χ1n) is 7.88. The van der Waals surface area contributed by atoms with Gasteiger partial charge in [0, 0.05) is 24.7 Å². The van der Waals surface area contributed by atoms with Crippen molar-refractivity contribution in [2.45, 2.75) is 38.4 Å². The van der Waals surface area contributed by atoms with Crippen molar-refractivity contribution >= 4 is 23.3 Å². The van der Waals surface area contributed by atoms with E-state index in [1.807, 2.05) is 11.8 Å². The third kappa shape index (κ3) is 4.98. The number of piperidine rings is 1. The molecule has 8 heteroatoms. The molecule has 1 aromatic carbocycles. The molecule has 1 amide bonds. The Morgan fingerprint density at radius 2 is 2.00 bits per heavy atom. The van der Waals surface area contributed by atoms with Crippen LogP contribution in [0, 0.1) is 0 Å². The topological polar surface area (TPSA) is 69.6 Å². The summed E-state index contributed by atoms with van der Waals surface area (Å²) in [5, 5.41) is 10.9. The Bertz CT molecular complexity index is 686. The van der Waals surface area contributed by atoms with Crippen LogP contribution in [0.4, 0.5) is 24.5 Å². The molecule has 1 aliphatic rings. The van der Waals surface area contributed by atoms with Gasteiger partial charge in [0.25, 0.3) is 0 Å². The van der Waals surface area contributed by atoms with Crippen LogP contribution in [0.25, 0.3) is 0 Å². The lowest BCUT2D eigenvalue weighted by molar-refractivity contribution is -0.137. The molecule has 1 unspecified atom stereocenters. The molecule has 5 nitrogen and oxygen atoms in total. The molecule has 0 radical (unpaired) electrons. The second kappa shape index (κ2) is 7.58. The Labute approximate surface area is 143 Å². The molecule has 1 heterocycles. The Morgan fingerprint density at radius 1 is 1.28 bits per heavy atom. The summed E-state index contributed by atoms with van der Waals surface area (Å²) in [5.74, 6) is -2.11. The minimum atomic E-state index is -4.54. The fourth-order valence-corrected chi connectivity index (χ4v) is 2.84. The molecule has 0 spiro atoms. The van der Waals surface area contributed by atoms with Gasteiger partial charge in [0.15, 0.2) is 0 Å². The van der Waals surface area contributed by atoms with E-state index in [9.17, 15) is 22.8 Å². The number of carboxylic acids is 1. The molecular weight excluding hydrogens is 337 g/mol. The van der Waals surface area contributed by atoms with E-state index in [1.54, 1.807) is 0 Å². The van der Waals surface area contributed by atoms with Crippen LogP contribution < -0.4 is 10.2 Å². The summed E-state index contributed by atoms with van der Waals surface area (Å²) in [6, 6.07) is 3.35. The van der Waals surface area contributed by atoms with Crippen molar-refractivity contribution in [3.63, 3.8) is 0 Å². The van der Waals surface area contributed by atoms with Crippen LogP contribution in [0.1, 0.15) is 31.7 Å². The van der Waals surface area contributed by atoms with Crippen molar-refractivity contribution in [3.8, 4) is 0 Å². The van der Waals surface area contributed by atoms with Gasteiger partial charge in [-0.15, -0.1) is 0 Å². The normalized spacial score (nSPS) is 18.4. The summed E-state index contributed by atoms with van der Waals surface area (Å²) >= 11 is 0. The van der Waals surface area contributed by atoms with Gasteiger partial charge in [-0.2, -0.15) is 13.2 Å². The van der Waals surface area contributed by atoms with Crippen LogP contribution in [-0.2, 0) is 15.8 Å². The molecule has 1 atom stereocenters. The van der Waals surface area contributed by atoms with E-state index in [-0.39, 0.29) is 11.7 Å². The SMILES string of the molecule is CC1CCCCN1c1ccc(C(F)(F)F)cc1NC(=O)/C=C\C(=O)O. The van der Waals surface area contributed by atoms with E-state index in [0.717, 1.165) is 37.5 Å². The Hall–Kier alpha value is -2.51. The summed E-state index contributed by atoms with van der Waals surface area (Å²) < 4.78 is 39.0. The lowest BCUT2D eigenvalue weighted by Gasteiger charge is -2.36. The molecular formula is C17H19F3N2O3. The third-order valence-electron chi connectivity index (χ3n) is 4.07. The van der Waals surface area contributed by atoms with E-state index in [4.69, 9.17) is 5.11 Å². The highest BCUT2D eigenvalue weighted by atomic mass is 19.4. The molecule has 1 saturated heterocycles. The number of aliphatic carboxylic acids is 1. The van der Waals surface area contributed by atoms with Crippen molar-refractivity contribution in [1.82, 2.24) is 0 Å². The van der Waals surface area contributed by atoms with Crippen molar-refractivity contribution < 1.29 is 27.9 Å². The van der Waals surface area contributed by atoms with Crippen LogP contribution in [0.5, 0.6) is 0 Å². The predicted octanol–water partition coefficient (Wildman–Crippen LogP) is 3.66. The summed E-state index contributed by atoms with van der Waals surface area (Å²) in [4.78, 5) is 24.3. The molecule has 2 rings (SSSR count). The van der Waals surface area contributed by atoms with Gasteiger partial charge in [-0.1, -0.05) is 0 Å². The molecule has 136 valence electrons. The lowest BCUT2D eigenvalue weighted by atomic mass is 10.0. The zero-order valence-electron chi connectivity index (χ0n) is 13.6. The van der Waals surface area contributed by atoms with Gasteiger partial charge < -0.3 is 15.3 Å². The van der Waals surface area contributed by atoms with Gasteiger partial charge in [-0.3, -0.25) is 4.79 Å². The van der Waals surface area contributed by atoms with Gasteiger partial charge in [0.05, 0.1) is 16.9 Å². The monoisotopic (exact) mass is 356 g/mol. The van der Waals surface area contributed by atoms with E-state index in [2.05, 4.69) is 5.32 Å². The molecule has 0 bridgehead atoms. The Kier molecular flexibility index (Phi) is 5.71. The lowest BCUT2D eigenvalue weighted by Crippen LogP contribution is -2.38. The molecule has 1 aliphatic heterocycles. The standard InChI is InChI=1S/C17H19F3N2O3/c1-11-4-2-3-9-22(11)14-6-5-12(17(18,19)20)10-13(14)21-15(23)7-8-16(24)25/h5-8,10-11H,2-4,9H2,1H3,(H,21,23)(H,24,25)/b8-7-. The third-order valence-corrected chi connectivity index (χ3v) is 4.07. The molecule has 1 aromatic rings. The quantitative estimate of drug-likeness (QED) is 0.808. The number of carbonyl (C=O) groups excluding carboxylic acids is 1. The van der Waals surface area contributed by atoms with Gasteiger partial charge in [0.1, 0.15) is 0 Å². The van der Waals surface area contributed by atoms with E-state index >= 15 is 0 Å². The molecule has 1 fully saturated rings. The van der Waals surface area contributed by atoms with Crippen molar-refractivity contribution in [2.24, 2.45) is 0 Å². The average Bonchev–Trinajstić information content (AvgIpc) is 2.53. The first-order chi connectivity index (χ1) is 11.7. The second-order valence-electron chi connectivity index (χ2n) is 5.93. The average molecular weight is 356 g/mol. The van der Waals surface area contributed by atoms with Gasteiger partial charge in [0.2, 0.25) is 5.91 Å². The maximum absolute atomic E-state index is 13.0. The number of benzene rings is 1. The van der Waals surface area contributed by atoms with Crippen molar-refractivity contribution in [1.29, 1.82) is 0 Å². The van der Waals surface area contributed by atoms with Crippen LogP contribution in [-0.4, -0.2) is 29.6 Å². The largest absolute Gasteiger partial charge is 0.478 e. The fraction of sp³-hybridized carbons (Fsp3) is 0.412. The fourth-order valence-electron chi connectivity index (χ4n) is 2.84. The molecule has 0 saturated carbocycles. The number of carbonyl (C=O) groups is 2. The van der Waals surface area contributed by atoms with Crippen molar-refractivity contribution in [3.05, 3.63) is 35.9 Å². The number of alkyl halides is 3. The van der Waals surface area contributed by atoms with Gasteiger partial charge in [-0.05, 0) is 44.4 Å². The summed E-state index contributed by atoms with van der Waals surface area (Å²) in [6.45, 7) is 2.66. The second-order valence-corrected chi connectivity index (χ2v) is 5.93. The number of hydrogen-bond donors (Lipinski definition) is 2. The number of nitrogens with zero attached hydrogens (tertiary/aromatic N) is 1. The highest BCUT2D eigenvalue weighted by Crippen LogP contribution is 2.37. The van der Waals surface area contributed by atoms with E-state index in [0.29, 0.717) is 18.3 Å². The molecule has 0 aliphatic carbocycles. The van der Waals surface area contributed by atoms with Crippen LogP contribution >= 0.6 is 0 Å². The predicted molar refractivity (Wildman–Crippen MR) is 87.5 cm³/mol. The zero-order valence-corrected chi connectivity index (χ0v) is 13.6. The number of anilines is 2. The minimum Gasteiger partial charge on any atom is -0.478 e. The number of halogens is 3. The number of amides is 1. The van der Waals surface area contributed by atoms with Crippen LogP contribution in [0.2, 0.25) is 0 Å². The highest BCUT2D eigenvalue weighted by molar-refractivity contribution is 6.04. The smallest absolute Gasteiger partial charge is 0.416 e. The Morgan fingerprint density at radius 3 is 2.60 bits per heavy atom. The minimum absolute atomic E-state index is 0.0172. The Balaban J connectivity index is 2.37. The van der Waals surface area contributed by atoms with Crippen molar-refractivity contribution in [2.75, 3.05) is 16.8 Å². The number of hydrogen-bond acceptors (Lipinski definition) is 3. The van der Waals surface area contributed by atoms with E-state index < -0.39 is 23.6 Å². The maximum Gasteiger partial charge on any atom is 0.416 e. The van der Waals surface area contributed by atoms with Gasteiger partial charge in [-0.25, -0.2) is 4.79 Å². The molecule has 2 N–H and O–H groups in total. The van der Waals surface area contributed by atoms with Gasteiger partial charge >= 0.3 is 12.1 Å². The maximum atomic E-state index is 13.0. The zero-order chi connectivity index (χ0) is 18.6. The number of nitrogens with one attached hydrogen (secondary N) is 1. The van der Waals surface area contributed by atoms with Crippen LogP contribution in [0.3, 0.4) is 0 Å². The first-order valence-corrected chi connectivity index (χ1v) is 7.88. The van der Waals surface area contributed by atoms with E-state index in [1.165, 1.54) is 6.07 Å². The molecule has 0 aromatic heterocycles. The number of rotatable bonds is 4. The summed E-state index contributed by atoms with van der Waals surface area (Å²) in [6.07, 6.45) is -0.271. The first kappa shape index (κ1) is 18.8. The molecule has 25 heavy (non-hydrogen) atoms. The summed E-state index contributed by atoms with van der Waals surface area (Å²) in [5.41, 5.74) is -0.362. The van der Waals surface area contributed by atoms with Crippen LogP contribution in [0.15, 0.2) is 30.4 Å². The highest BCUT2D eigenvalue weighted by Gasteiger charge is 2.32. The number of carboxylic acid groups (broad SMARTS) is 1.